The van der Waals surface area contributed by atoms with Crippen LogP contribution in [-0.4, -0.2) is 11.9 Å². The van der Waals surface area contributed by atoms with Crippen molar-refractivity contribution in [3.05, 3.63) is 156 Å². The molecule has 200 valence electrons. The first kappa shape index (κ1) is 26.0. The van der Waals surface area contributed by atoms with E-state index < -0.39 is 17.4 Å². The fourth-order valence-corrected chi connectivity index (χ4v) is 5.92. The molecule has 0 saturated carbocycles. The van der Waals surface area contributed by atoms with Gasteiger partial charge < -0.3 is 9.47 Å². The number of esters is 2. The van der Waals surface area contributed by atoms with Crippen LogP contribution in [0.5, 0.6) is 11.5 Å². The van der Waals surface area contributed by atoms with Crippen molar-refractivity contribution in [3.8, 4) is 22.6 Å². The Balaban J connectivity index is 1.67. The Morgan fingerprint density at radius 1 is 0.610 bits per heavy atom. The number of rotatable bonds is 6. The lowest BCUT2D eigenvalue weighted by Gasteiger charge is -2.34. The SMILES string of the molecule is C=CC(=O)Oc1ccc(C2(c3ccc(OC(=O)C=C)cc3)c3cc(C)c(C)cc3-c3cc4ccccc4cc32)cc1. The molecule has 0 radical (unpaired) electrons. The van der Waals surface area contributed by atoms with E-state index in [0.717, 1.165) is 39.8 Å². The molecular formula is C37H28O4. The van der Waals surface area contributed by atoms with E-state index in [-0.39, 0.29) is 0 Å². The summed E-state index contributed by atoms with van der Waals surface area (Å²) in [4.78, 5) is 23.8. The quantitative estimate of drug-likeness (QED) is 0.123. The molecule has 0 saturated heterocycles. The van der Waals surface area contributed by atoms with Gasteiger partial charge in [-0.25, -0.2) is 9.59 Å². The van der Waals surface area contributed by atoms with Gasteiger partial charge >= 0.3 is 11.9 Å². The van der Waals surface area contributed by atoms with E-state index in [1.807, 2.05) is 48.5 Å². The minimum atomic E-state index is -0.685. The van der Waals surface area contributed by atoms with E-state index in [1.165, 1.54) is 27.6 Å². The molecule has 5 aromatic carbocycles. The maximum Gasteiger partial charge on any atom is 0.335 e. The lowest BCUT2D eigenvalue weighted by atomic mass is 9.67. The predicted octanol–water partition coefficient (Wildman–Crippen LogP) is 8.00. The van der Waals surface area contributed by atoms with Crippen LogP contribution in [0, 0.1) is 13.8 Å². The third-order valence-electron chi connectivity index (χ3n) is 7.96. The number of benzene rings is 5. The van der Waals surface area contributed by atoms with Crippen molar-refractivity contribution >= 4 is 22.7 Å². The summed E-state index contributed by atoms with van der Waals surface area (Å²) in [6.07, 6.45) is 2.30. The number of aryl methyl sites for hydroxylation is 2. The van der Waals surface area contributed by atoms with Gasteiger partial charge in [0.1, 0.15) is 11.5 Å². The Morgan fingerprint density at radius 3 is 1.56 bits per heavy atom. The van der Waals surface area contributed by atoms with E-state index >= 15 is 0 Å². The lowest BCUT2D eigenvalue weighted by Crippen LogP contribution is -2.28. The Kier molecular flexibility index (Phi) is 6.39. The van der Waals surface area contributed by atoms with Crippen LogP contribution in [0.3, 0.4) is 0 Å². The highest BCUT2D eigenvalue weighted by Gasteiger charge is 2.46. The van der Waals surface area contributed by atoms with E-state index in [1.54, 1.807) is 0 Å². The van der Waals surface area contributed by atoms with Gasteiger partial charge in [0, 0.05) is 12.2 Å². The van der Waals surface area contributed by atoms with Gasteiger partial charge in [-0.05, 0) is 106 Å². The van der Waals surface area contributed by atoms with E-state index in [2.05, 4.69) is 75.5 Å². The van der Waals surface area contributed by atoms with E-state index in [0.29, 0.717) is 11.5 Å². The molecule has 1 aliphatic carbocycles. The lowest BCUT2D eigenvalue weighted by molar-refractivity contribution is -0.129. The molecule has 41 heavy (non-hydrogen) atoms. The first-order valence-corrected chi connectivity index (χ1v) is 13.4. The maximum absolute atomic E-state index is 11.9. The molecule has 0 unspecified atom stereocenters. The summed E-state index contributed by atoms with van der Waals surface area (Å²) in [6.45, 7) is 11.3. The number of hydrogen-bond acceptors (Lipinski definition) is 4. The summed E-state index contributed by atoms with van der Waals surface area (Å²) in [7, 11) is 0. The van der Waals surface area contributed by atoms with Crippen LogP contribution in [-0.2, 0) is 15.0 Å². The van der Waals surface area contributed by atoms with E-state index in [9.17, 15) is 9.59 Å². The van der Waals surface area contributed by atoms with Crippen molar-refractivity contribution in [2.75, 3.05) is 0 Å². The second-order valence-corrected chi connectivity index (χ2v) is 10.3. The number of fused-ring (bicyclic) bond motifs is 4. The monoisotopic (exact) mass is 536 g/mol. The summed E-state index contributed by atoms with van der Waals surface area (Å²) >= 11 is 0. The molecule has 0 aliphatic heterocycles. The van der Waals surface area contributed by atoms with Crippen molar-refractivity contribution in [2.24, 2.45) is 0 Å². The Labute approximate surface area is 239 Å². The minimum absolute atomic E-state index is 0.442. The Morgan fingerprint density at radius 2 is 1.05 bits per heavy atom. The summed E-state index contributed by atoms with van der Waals surface area (Å²) in [5.74, 6) is -0.132. The fourth-order valence-electron chi connectivity index (χ4n) is 5.92. The third kappa shape index (κ3) is 4.25. The normalized spacial score (nSPS) is 12.7. The van der Waals surface area contributed by atoms with Crippen molar-refractivity contribution in [2.45, 2.75) is 19.3 Å². The summed E-state index contributed by atoms with van der Waals surface area (Å²) in [5, 5.41) is 2.31. The van der Waals surface area contributed by atoms with Crippen molar-refractivity contribution in [1.29, 1.82) is 0 Å². The zero-order chi connectivity index (χ0) is 28.7. The molecular weight excluding hydrogens is 508 g/mol. The Bertz CT molecular complexity index is 1800. The summed E-state index contributed by atoms with van der Waals surface area (Å²) in [6, 6.07) is 32.8. The molecule has 5 aromatic rings. The maximum atomic E-state index is 11.9. The van der Waals surface area contributed by atoms with Gasteiger partial charge in [-0.1, -0.05) is 73.8 Å². The molecule has 0 aromatic heterocycles. The second kappa shape index (κ2) is 10.1. The highest BCUT2D eigenvalue weighted by molar-refractivity contribution is 5.96. The van der Waals surface area contributed by atoms with Crippen molar-refractivity contribution in [3.63, 3.8) is 0 Å². The molecule has 6 rings (SSSR count). The van der Waals surface area contributed by atoms with E-state index in [4.69, 9.17) is 9.47 Å². The average Bonchev–Trinajstić information content (AvgIpc) is 3.25. The van der Waals surface area contributed by atoms with Crippen LogP contribution in [0.25, 0.3) is 21.9 Å². The Hall–Kier alpha value is -5.22. The molecule has 0 amide bonds. The van der Waals surface area contributed by atoms with Gasteiger partial charge in [-0.2, -0.15) is 0 Å². The van der Waals surface area contributed by atoms with Crippen LogP contribution in [0.1, 0.15) is 33.4 Å². The van der Waals surface area contributed by atoms with Crippen LogP contribution in [0.2, 0.25) is 0 Å². The van der Waals surface area contributed by atoms with Gasteiger partial charge in [0.05, 0.1) is 5.41 Å². The number of carbonyl (C=O) groups is 2. The third-order valence-corrected chi connectivity index (χ3v) is 7.96. The van der Waals surface area contributed by atoms with Crippen LogP contribution >= 0.6 is 0 Å². The number of hydrogen-bond donors (Lipinski definition) is 0. The van der Waals surface area contributed by atoms with Gasteiger partial charge in [0.15, 0.2) is 0 Å². The molecule has 0 heterocycles. The van der Waals surface area contributed by atoms with Crippen LogP contribution in [0.15, 0.2) is 122 Å². The van der Waals surface area contributed by atoms with Gasteiger partial charge in [0.25, 0.3) is 0 Å². The fraction of sp³-hybridized carbons (Fsp3) is 0.0811. The van der Waals surface area contributed by atoms with Gasteiger partial charge in [0.2, 0.25) is 0 Å². The second-order valence-electron chi connectivity index (χ2n) is 10.3. The molecule has 4 heteroatoms. The molecule has 0 N–H and O–H groups in total. The van der Waals surface area contributed by atoms with Crippen molar-refractivity contribution < 1.29 is 19.1 Å². The first-order valence-electron chi connectivity index (χ1n) is 13.4. The summed E-state index contributed by atoms with van der Waals surface area (Å²) < 4.78 is 10.8. The predicted molar refractivity (Wildman–Crippen MR) is 162 cm³/mol. The molecule has 0 spiro atoms. The minimum Gasteiger partial charge on any atom is -0.423 e. The van der Waals surface area contributed by atoms with Crippen molar-refractivity contribution in [1.82, 2.24) is 0 Å². The average molecular weight is 537 g/mol. The highest BCUT2D eigenvalue weighted by atomic mass is 16.5. The van der Waals surface area contributed by atoms with Gasteiger partial charge in [-0.3, -0.25) is 0 Å². The zero-order valence-corrected chi connectivity index (χ0v) is 22.9. The molecule has 0 bridgehead atoms. The molecule has 4 nitrogen and oxygen atoms in total. The molecule has 0 atom stereocenters. The first-order chi connectivity index (χ1) is 19.8. The summed E-state index contributed by atoms with van der Waals surface area (Å²) in [5.41, 5.74) is 8.44. The highest BCUT2D eigenvalue weighted by Crippen LogP contribution is 2.57. The zero-order valence-electron chi connectivity index (χ0n) is 22.9. The van der Waals surface area contributed by atoms with Crippen LogP contribution in [0.4, 0.5) is 0 Å². The standard InChI is InChI=1S/C37H28O4/c1-5-35(38)40-29-15-11-27(12-16-29)37(28-13-17-30(18-14-28)41-36(39)6-2)33-20-24(4)23(3)19-31(33)32-21-25-9-7-8-10-26(25)22-34(32)37/h5-22H,1-2H2,3-4H3. The number of carbonyl (C=O) groups excluding carboxylic acids is 2. The van der Waals surface area contributed by atoms with Gasteiger partial charge in [-0.15, -0.1) is 0 Å². The smallest absolute Gasteiger partial charge is 0.335 e. The molecule has 0 fully saturated rings. The number of ether oxygens (including phenoxy) is 2. The topological polar surface area (TPSA) is 52.6 Å². The molecule has 1 aliphatic rings. The van der Waals surface area contributed by atoms with Crippen LogP contribution < -0.4 is 9.47 Å². The largest absolute Gasteiger partial charge is 0.423 e.